The van der Waals surface area contributed by atoms with E-state index in [0.29, 0.717) is 35.7 Å². The van der Waals surface area contributed by atoms with Crippen molar-refractivity contribution in [3.8, 4) is 5.75 Å². The van der Waals surface area contributed by atoms with Crippen molar-refractivity contribution in [1.29, 1.82) is 0 Å². The lowest BCUT2D eigenvalue weighted by molar-refractivity contribution is 0.291. The molecule has 0 aliphatic carbocycles. The monoisotopic (exact) mass is 428 g/mol. The maximum Gasteiger partial charge on any atom is 0.248 e. The molecule has 1 aromatic carbocycles. The van der Waals surface area contributed by atoms with E-state index in [2.05, 4.69) is 15.3 Å². The third kappa shape index (κ3) is 5.74. The Morgan fingerprint density at radius 3 is 2.61 bits per heavy atom. The van der Waals surface area contributed by atoms with E-state index in [0.717, 1.165) is 17.8 Å². The number of hydrogen-bond acceptors (Lipinski definition) is 6. The number of pyridine rings is 1. The zero-order valence-corrected chi connectivity index (χ0v) is 17.4. The summed E-state index contributed by atoms with van der Waals surface area (Å²) < 4.78 is 34.1. The van der Waals surface area contributed by atoms with Gasteiger partial charge in [-0.15, -0.1) is 0 Å². The van der Waals surface area contributed by atoms with Crippen LogP contribution in [0.5, 0.6) is 5.75 Å². The highest BCUT2D eigenvalue weighted by Gasteiger charge is 2.13. The van der Waals surface area contributed by atoms with Crippen LogP contribution in [0, 0.1) is 18.6 Å². The summed E-state index contributed by atoms with van der Waals surface area (Å²) in [5, 5.41) is 11.8. The first-order valence-corrected chi connectivity index (χ1v) is 9.78. The van der Waals surface area contributed by atoms with Gasteiger partial charge in [0.25, 0.3) is 0 Å². The fourth-order valence-electron chi connectivity index (χ4n) is 3.00. The standard InChI is InChI=1S/C21H23BF2N4O3/c1-13-6-19(31-12-14-2-3-15(23)7-18(14)24)20(22)21(30)28(13)11-17-10-26-16(9-27-17)8-25-4-5-29/h2-3,6-7,9-10,25,29H,4-5,8,11-12,22H2,1H3. The van der Waals surface area contributed by atoms with Gasteiger partial charge in [0, 0.05) is 35.9 Å². The number of aromatic nitrogens is 3. The van der Waals surface area contributed by atoms with E-state index in [4.69, 9.17) is 9.84 Å². The molecule has 0 saturated heterocycles. The van der Waals surface area contributed by atoms with Gasteiger partial charge in [0.15, 0.2) is 7.85 Å². The third-order valence-electron chi connectivity index (χ3n) is 4.77. The van der Waals surface area contributed by atoms with Crippen LogP contribution in [0.25, 0.3) is 0 Å². The molecule has 0 aliphatic heterocycles. The lowest BCUT2D eigenvalue weighted by Crippen LogP contribution is -2.37. The van der Waals surface area contributed by atoms with Crippen molar-refractivity contribution in [2.45, 2.75) is 26.6 Å². The SMILES string of the molecule is Bc1c(OCc2ccc(F)cc2F)cc(C)n(Cc2cnc(CNCCO)cn2)c1=O. The molecule has 7 nitrogen and oxygen atoms in total. The molecule has 3 aromatic rings. The zero-order chi connectivity index (χ0) is 22.4. The molecule has 0 aliphatic rings. The molecular formula is C21H23BF2N4O3. The molecular weight excluding hydrogens is 405 g/mol. The molecule has 3 rings (SSSR count). The smallest absolute Gasteiger partial charge is 0.248 e. The van der Waals surface area contributed by atoms with E-state index in [-0.39, 0.29) is 30.9 Å². The van der Waals surface area contributed by atoms with Crippen molar-refractivity contribution in [1.82, 2.24) is 19.9 Å². The zero-order valence-electron chi connectivity index (χ0n) is 17.4. The normalized spacial score (nSPS) is 11.0. The maximum absolute atomic E-state index is 13.8. The van der Waals surface area contributed by atoms with E-state index in [9.17, 15) is 13.6 Å². The van der Waals surface area contributed by atoms with Gasteiger partial charge in [0.05, 0.1) is 36.9 Å². The summed E-state index contributed by atoms with van der Waals surface area (Å²) in [5.41, 5.74) is 2.34. The Morgan fingerprint density at radius 2 is 1.94 bits per heavy atom. The number of ether oxygens (including phenoxy) is 1. The number of nitrogens with one attached hydrogen (secondary N) is 1. The number of halogens is 2. The van der Waals surface area contributed by atoms with Crippen LogP contribution in [0.3, 0.4) is 0 Å². The van der Waals surface area contributed by atoms with Crippen LogP contribution < -0.4 is 21.1 Å². The van der Waals surface area contributed by atoms with E-state index < -0.39 is 11.6 Å². The molecule has 0 unspecified atom stereocenters. The van der Waals surface area contributed by atoms with Crippen molar-refractivity contribution in [2.24, 2.45) is 0 Å². The quantitative estimate of drug-likeness (QED) is 0.374. The number of nitrogens with zero attached hydrogens (tertiary/aromatic N) is 3. The van der Waals surface area contributed by atoms with Crippen LogP contribution in [0.4, 0.5) is 8.78 Å². The Bertz CT molecular complexity index is 1110. The summed E-state index contributed by atoms with van der Waals surface area (Å²) in [6.45, 7) is 2.91. The minimum atomic E-state index is -0.698. The van der Waals surface area contributed by atoms with E-state index in [1.165, 1.54) is 6.07 Å². The first kappa shape index (κ1) is 22.6. The molecule has 0 amide bonds. The summed E-state index contributed by atoms with van der Waals surface area (Å²) in [5.74, 6) is -1.01. The number of benzene rings is 1. The third-order valence-corrected chi connectivity index (χ3v) is 4.77. The van der Waals surface area contributed by atoms with Crippen LogP contribution in [0.2, 0.25) is 0 Å². The molecule has 2 N–H and O–H groups in total. The van der Waals surface area contributed by atoms with Crippen LogP contribution in [-0.4, -0.2) is 40.6 Å². The van der Waals surface area contributed by atoms with Crippen LogP contribution >= 0.6 is 0 Å². The van der Waals surface area contributed by atoms with Gasteiger partial charge in [-0.2, -0.15) is 0 Å². The molecule has 0 spiro atoms. The number of rotatable bonds is 9. The average molecular weight is 428 g/mol. The number of hydrogen-bond donors (Lipinski definition) is 2. The summed E-state index contributed by atoms with van der Waals surface area (Å²) >= 11 is 0. The topological polar surface area (TPSA) is 89.3 Å². The molecule has 0 saturated carbocycles. The van der Waals surface area contributed by atoms with Crippen molar-refractivity contribution in [2.75, 3.05) is 13.2 Å². The second-order valence-electron chi connectivity index (χ2n) is 7.09. The number of aliphatic hydroxyl groups is 1. The highest BCUT2D eigenvalue weighted by Crippen LogP contribution is 2.14. The second-order valence-corrected chi connectivity index (χ2v) is 7.09. The predicted molar refractivity (Wildman–Crippen MR) is 114 cm³/mol. The lowest BCUT2D eigenvalue weighted by Gasteiger charge is -2.15. The summed E-state index contributed by atoms with van der Waals surface area (Å²) in [7, 11) is 1.64. The van der Waals surface area contributed by atoms with E-state index in [1.54, 1.807) is 37.8 Å². The first-order valence-electron chi connectivity index (χ1n) is 9.78. The number of aryl methyl sites for hydroxylation is 1. The molecule has 0 radical (unpaired) electrons. The molecule has 31 heavy (non-hydrogen) atoms. The Labute approximate surface area is 179 Å². The maximum atomic E-state index is 13.8. The molecule has 0 fully saturated rings. The second kappa shape index (κ2) is 10.3. The van der Waals surface area contributed by atoms with Gasteiger partial charge in [0.2, 0.25) is 5.56 Å². The Hall–Kier alpha value is -3.11. The van der Waals surface area contributed by atoms with Crippen molar-refractivity contribution in [3.63, 3.8) is 0 Å². The van der Waals surface area contributed by atoms with Gasteiger partial charge in [-0.25, -0.2) is 8.78 Å². The van der Waals surface area contributed by atoms with Gasteiger partial charge >= 0.3 is 0 Å². The molecule has 2 heterocycles. The van der Waals surface area contributed by atoms with Gasteiger partial charge in [-0.05, 0) is 25.1 Å². The number of aliphatic hydroxyl groups excluding tert-OH is 1. The fraction of sp³-hybridized carbons (Fsp3) is 0.286. The Balaban J connectivity index is 1.73. The summed E-state index contributed by atoms with van der Waals surface area (Å²) in [6, 6.07) is 4.98. The molecule has 2 aromatic heterocycles. The predicted octanol–water partition coefficient (Wildman–Crippen LogP) is 0.193. The Kier molecular flexibility index (Phi) is 7.48. The Morgan fingerprint density at radius 1 is 1.19 bits per heavy atom. The lowest BCUT2D eigenvalue weighted by atomic mass is 9.96. The minimum absolute atomic E-state index is 0.0472. The van der Waals surface area contributed by atoms with E-state index >= 15 is 0 Å². The molecule has 162 valence electrons. The van der Waals surface area contributed by atoms with Crippen molar-refractivity contribution >= 4 is 13.3 Å². The van der Waals surface area contributed by atoms with E-state index in [1.807, 2.05) is 0 Å². The largest absolute Gasteiger partial charge is 0.489 e. The van der Waals surface area contributed by atoms with Crippen molar-refractivity contribution < 1.29 is 18.6 Å². The van der Waals surface area contributed by atoms with Crippen LogP contribution in [-0.2, 0) is 19.7 Å². The van der Waals surface area contributed by atoms with Gasteiger partial charge < -0.3 is 19.7 Å². The molecule has 0 atom stereocenters. The van der Waals surface area contributed by atoms with Gasteiger partial charge in [-0.1, -0.05) is 0 Å². The fourth-order valence-corrected chi connectivity index (χ4v) is 3.00. The van der Waals surface area contributed by atoms with Crippen molar-refractivity contribution in [3.05, 3.63) is 81.3 Å². The minimum Gasteiger partial charge on any atom is -0.489 e. The summed E-state index contributed by atoms with van der Waals surface area (Å²) in [6.07, 6.45) is 3.24. The average Bonchev–Trinajstić information content (AvgIpc) is 2.75. The van der Waals surface area contributed by atoms with Gasteiger partial charge in [0.1, 0.15) is 24.0 Å². The van der Waals surface area contributed by atoms with Gasteiger partial charge in [-0.3, -0.25) is 14.8 Å². The highest BCUT2D eigenvalue weighted by molar-refractivity contribution is 6.33. The highest BCUT2D eigenvalue weighted by atomic mass is 19.1. The van der Waals surface area contributed by atoms with Crippen LogP contribution in [0.15, 0.2) is 41.5 Å². The van der Waals surface area contributed by atoms with Crippen LogP contribution in [0.1, 0.15) is 22.6 Å². The first-order chi connectivity index (χ1) is 14.9. The summed E-state index contributed by atoms with van der Waals surface area (Å²) in [4.78, 5) is 21.5. The molecule has 10 heteroatoms. The molecule has 0 bridgehead atoms.